The van der Waals surface area contributed by atoms with Crippen LogP contribution in [0.15, 0.2) is 0 Å². The highest BCUT2D eigenvalue weighted by atomic mass is 35.5. The molecule has 2 fully saturated rings. The van der Waals surface area contributed by atoms with Gasteiger partial charge >= 0.3 is 0 Å². The van der Waals surface area contributed by atoms with Crippen molar-refractivity contribution >= 4 is 34.8 Å². The maximum Gasteiger partial charge on any atom is 0.203 e. The van der Waals surface area contributed by atoms with Gasteiger partial charge in [0.1, 0.15) is 0 Å². The first kappa shape index (κ1) is 7.56. The molecule has 2 saturated carbocycles. The number of hydrogen-bond acceptors (Lipinski definition) is 2. The Balaban J connectivity index is 2.35. The fourth-order valence-corrected chi connectivity index (χ4v) is 2.63. The predicted octanol–water partition coefficient (Wildman–Crippen LogP) is 0.989. The fraction of sp³-hybridized carbons (Fsp3) is 0.714. The standard InChI is InChI=1S/C7H6Cl2O2/c8-4-2-1-3(5(4)9)7(11)6(2)10/h2-5H,1H2/t2-,3+,4-,5-/m0/s1. The zero-order chi connectivity index (χ0) is 8.17. The Morgan fingerprint density at radius 3 is 1.64 bits per heavy atom. The highest BCUT2D eigenvalue weighted by Gasteiger charge is 2.56. The van der Waals surface area contributed by atoms with Gasteiger partial charge in [-0.2, -0.15) is 0 Å². The van der Waals surface area contributed by atoms with Crippen molar-refractivity contribution in [1.82, 2.24) is 0 Å². The van der Waals surface area contributed by atoms with Crippen LogP contribution in [-0.2, 0) is 9.59 Å². The largest absolute Gasteiger partial charge is 0.291 e. The molecule has 0 N–H and O–H groups in total. The lowest BCUT2D eigenvalue weighted by atomic mass is 9.97. The molecule has 0 aromatic carbocycles. The third-order valence-electron chi connectivity index (χ3n) is 2.50. The van der Waals surface area contributed by atoms with Crippen LogP contribution < -0.4 is 0 Å². The Kier molecular flexibility index (Phi) is 1.52. The van der Waals surface area contributed by atoms with Gasteiger partial charge < -0.3 is 0 Å². The number of alkyl halides is 2. The molecule has 60 valence electrons. The first-order valence-corrected chi connectivity index (χ1v) is 4.36. The van der Waals surface area contributed by atoms with Crippen molar-refractivity contribution in [2.24, 2.45) is 11.8 Å². The van der Waals surface area contributed by atoms with Crippen LogP contribution in [0.25, 0.3) is 0 Å². The van der Waals surface area contributed by atoms with Gasteiger partial charge in [-0.1, -0.05) is 0 Å². The number of carbonyl (C=O) groups excluding carboxylic acids is 2. The molecule has 0 aromatic rings. The van der Waals surface area contributed by atoms with Crippen LogP contribution in [0.4, 0.5) is 0 Å². The van der Waals surface area contributed by atoms with E-state index in [2.05, 4.69) is 0 Å². The number of Topliss-reactive ketones (excluding diaryl/α,β-unsaturated/α-hetero) is 2. The number of carbonyl (C=O) groups is 2. The van der Waals surface area contributed by atoms with Crippen molar-refractivity contribution in [3.05, 3.63) is 0 Å². The van der Waals surface area contributed by atoms with Crippen LogP contribution in [-0.4, -0.2) is 22.3 Å². The Hall–Kier alpha value is -0.0800. The molecule has 0 aliphatic heterocycles. The van der Waals surface area contributed by atoms with Crippen molar-refractivity contribution < 1.29 is 9.59 Å². The van der Waals surface area contributed by atoms with Crippen molar-refractivity contribution in [2.75, 3.05) is 0 Å². The number of fused-ring (bicyclic) bond motifs is 2. The van der Waals surface area contributed by atoms with Gasteiger partial charge in [-0.25, -0.2) is 0 Å². The minimum Gasteiger partial charge on any atom is -0.291 e. The average Bonchev–Trinajstić information content (AvgIpc) is 2.40. The second-order valence-corrected chi connectivity index (χ2v) is 4.07. The summed E-state index contributed by atoms with van der Waals surface area (Å²) in [7, 11) is 0. The molecular formula is C7H6Cl2O2. The first-order chi connectivity index (χ1) is 5.13. The molecule has 2 nitrogen and oxygen atoms in total. The van der Waals surface area contributed by atoms with Crippen LogP contribution in [0.3, 0.4) is 0 Å². The summed E-state index contributed by atoms with van der Waals surface area (Å²) in [6, 6.07) is 0. The van der Waals surface area contributed by atoms with Crippen molar-refractivity contribution in [3.63, 3.8) is 0 Å². The maximum atomic E-state index is 11.0. The smallest absolute Gasteiger partial charge is 0.203 e. The molecule has 0 heterocycles. The van der Waals surface area contributed by atoms with E-state index in [0.29, 0.717) is 6.42 Å². The number of halogens is 2. The van der Waals surface area contributed by atoms with E-state index in [-0.39, 0.29) is 34.2 Å². The Morgan fingerprint density at radius 1 is 1.00 bits per heavy atom. The summed E-state index contributed by atoms with van der Waals surface area (Å²) in [6.45, 7) is 0. The monoisotopic (exact) mass is 192 g/mol. The van der Waals surface area contributed by atoms with E-state index < -0.39 is 0 Å². The van der Waals surface area contributed by atoms with Gasteiger partial charge in [-0.15, -0.1) is 23.2 Å². The van der Waals surface area contributed by atoms with Crippen LogP contribution in [0.5, 0.6) is 0 Å². The van der Waals surface area contributed by atoms with E-state index in [1.54, 1.807) is 0 Å². The van der Waals surface area contributed by atoms with Crippen molar-refractivity contribution in [2.45, 2.75) is 17.2 Å². The summed E-state index contributed by atoms with van der Waals surface area (Å²) < 4.78 is 0. The molecule has 2 rings (SSSR count). The third-order valence-corrected chi connectivity index (χ3v) is 3.78. The van der Waals surface area contributed by atoms with Crippen molar-refractivity contribution in [3.8, 4) is 0 Å². The summed E-state index contributed by atoms with van der Waals surface area (Å²) in [6.07, 6.45) is 0.569. The average molecular weight is 193 g/mol. The van der Waals surface area contributed by atoms with Gasteiger partial charge in [-0.3, -0.25) is 9.59 Å². The van der Waals surface area contributed by atoms with Gasteiger partial charge in [0.15, 0.2) is 0 Å². The predicted molar refractivity (Wildman–Crippen MR) is 40.9 cm³/mol. The first-order valence-electron chi connectivity index (χ1n) is 3.49. The van der Waals surface area contributed by atoms with E-state index in [0.717, 1.165) is 0 Å². The molecule has 11 heavy (non-hydrogen) atoms. The fourth-order valence-electron chi connectivity index (χ4n) is 1.85. The zero-order valence-electron chi connectivity index (χ0n) is 5.59. The molecule has 2 aliphatic carbocycles. The molecule has 0 unspecified atom stereocenters. The molecule has 2 aliphatic rings. The Bertz CT molecular complexity index is 215. The molecule has 4 heteroatoms. The minimum atomic E-state index is -0.327. The number of ketones is 2. The Labute approximate surface area is 73.8 Å². The van der Waals surface area contributed by atoms with E-state index in [4.69, 9.17) is 23.2 Å². The van der Waals surface area contributed by atoms with Gasteiger partial charge in [0, 0.05) is 11.8 Å². The molecule has 0 radical (unpaired) electrons. The topological polar surface area (TPSA) is 34.1 Å². The van der Waals surface area contributed by atoms with Gasteiger partial charge in [0.25, 0.3) is 0 Å². The summed E-state index contributed by atoms with van der Waals surface area (Å²) in [5.74, 6) is -1.22. The van der Waals surface area contributed by atoms with E-state index in [1.807, 2.05) is 0 Å². The lowest BCUT2D eigenvalue weighted by Gasteiger charge is -2.18. The normalized spacial score (nSPS) is 48.9. The van der Waals surface area contributed by atoms with E-state index in [1.165, 1.54) is 0 Å². The SMILES string of the molecule is O=C1C(=O)[C@@H]2C[C@H]1[C@H](Cl)[C@H]2Cl. The van der Waals surface area contributed by atoms with Gasteiger partial charge in [0.2, 0.25) is 11.6 Å². The third kappa shape index (κ3) is 0.798. The molecular weight excluding hydrogens is 187 g/mol. The summed E-state index contributed by atoms with van der Waals surface area (Å²) in [5.41, 5.74) is 0. The molecule has 0 spiro atoms. The van der Waals surface area contributed by atoms with Crippen LogP contribution in [0.2, 0.25) is 0 Å². The molecule has 0 aromatic heterocycles. The minimum absolute atomic E-state index is 0.295. The zero-order valence-corrected chi connectivity index (χ0v) is 7.10. The highest BCUT2D eigenvalue weighted by Crippen LogP contribution is 2.45. The van der Waals surface area contributed by atoms with Crippen LogP contribution in [0.1, 0.15) is 6.42 Å². The quantitative estimate of drug-likeness (QED) is 0.424. The summed E-state index contributed by atoms with van der Waals surface area (Å²) >= 11 is 11.6. The molecule has 4 atom stereocenters. The number of hydrogen-bond donors (Lipinski definition) is 0. The second kappa shape index (κ2) is 2.20. The summed E-state index contributed by atoms with van der Waals surface area (Å²) in [5, 5.41) is -0.654. The van der Waals surface area contributed by atoms with Crippen LogP contribution >= 0.6 is 23.2 Å². The maximum absolute atomic E-state index is 11.0. The second-order valence-electron chi connectivity index (χ2n) is 3.07. The summed E-state index contributed by atoms with van der Waals surface area (Å²) in [4.78, 5) is 22.1. The lowest BCUT2D eigenvalue weighted by Crippen LogP contribution is -2.36. The lowest BCUT2D eigenvalue weighted by molar-refractivity contribution is -0.138. The molecule has 0 amide bonds. The van der Waals surface area contributed by atoms with E-state index >= 15 is 0 Å². The molecule has 0 saturated heterocycles. The van der Waals surface area contributed by atoms with Gasteiger partial charge in [0.05, 0.1) is 10.8 Å². The van der Waals surface area contributed by atoms with Crippen LogP contribution in [0, 0.1) is 11.8 Å². The van der Waals surface area contributed by atoms with Crippen molar-refractivity contribution in [1.29, 1.82) is 0 Å². The number of rotatable bonds is 0. The van der Waals surface area contributed by atoms with Gasteiger partial charge in [-0.05, 0) is 6.42 Å². The highest BCUT2D eigenvalue weighted by molar-refractivity contribution is 6.47. The molecule has 2 bridgehead atoms. The van der Waals surface area contributed by atoms with E-state index in [9.17, 15) is 9.59 Å². The Morgan fingerprint density at radius 2 is 1.36 bits per heavy atom.